The van der Waals surface area contributed by atoms with E-state index in [0.717, 1.165) is 0 Å². The number of rotatable bonds is 5. The molecule has 3 rings (SSSR count). The zero-order valence-electron chi connectivity index (χ0n) is 14.4. The number of amides is 2. The standard InChI is InChI=1S/C18H16N6O3/c1-23-18(24-8-2-3-9-24)15(11-20-23)17(26)22-21-16(25)12-27-14-6-4-13(10-19)5-7-14/h2-9,11H,12H2,1H3,(H,21,25)(H,22,26). The van der Waals surface area contributed by atoms with E-state index >= 15 is 0 Å². The summed E-state index contributed by atoms with van der Waals surface area (Å²) < 4.78 is 8.61. The van der Waals surface area contributed by atoms with Crippen LogP contribution in [0.4, 0.5) is 0 Å². The number of nitrogens with zero attached hydrogens (tertiary/aromatic N) is 4. The third kappa shape index (κ3) is 4.13. The van der Waals surface area contributed by atoms with Crippen molar-refractivity contribution in [3.05, 3.63) is 66.1 Å². The lowest BCUT2D eigenvalue weighted by Crippen LogP contribution is -2.44. The van der Waals surface area contributed by atoms with Crippen LogP contribution in [0.15, 0.2) is 55.0 Å². The van der Waals surface area contributed by atoms with Gasteiger partial charge in [0, 0.05) is 19.4 Å². The fraction of sp³-hybridized carbons (Fsp3) is 0.111. The minimum Gasteiger partial charge on any atom is -0.484 e. The van der Waals surface area contributed by atoms with Crippen LogP contribution >= 0.6 is 0 Å². The molecule has 0 spiro atoms. The first-order valence-electron chi connectivity index (χ1n) is 7.96. The second kappa shape index (κ2) is 7.88. The maximum absolute atomic E-state index is 12.4. The fourth-order valence-electron chi connectivity index (χ4n) is 2.38. The van der Waals surface area contributed by atoms with E-state index in [1.165, 1.54) is 6.20 Å². The van der Waals surface area contributed by atoms with Crippen molar-refractivity contribution in [2.45, 2.75) is 0 Å². The molecule has 136 valence electrons. The van der Waals surface area contributed by atoms with E-state index in [4.69, 9.17) is 10.00 Å². The van der Waals surface area contributed by atoms with Gasteiger partial charge in [0.2, 0.25) is 0 Å². The number of aryl methyl sites for hydroxylation is 1. The zero-order valence-corrected chi connectivity index (χ0v) is 14.4. The van der Waals surface area contributed by atoms with Gasteiger partial charge in [0.25, 0.3) is 11.8 Å². The SMILES string of the molecule is Cn1ncc(C(=O)NNC(=O)COc2ccc(C#N)cc2)c1-n1cccc1. The third-order valence-corrected chi connectivity index (χ3v) is 3.67. The van der Waals surface area contributed by atoms with E-state index in [-0.39, 0.29) is 6.61 Å². The molecule has 0 fully saturated rings. The van der Waals surface area contributed by atoms with E-state index in [0.29, 0.717) is 22.7 Å². The smallest absolute Gasteiger partial charge is 0.276 e. The Morgan fingerprint density at radius 1 is 1.19 bits per heavy atom. The van der Waals surface area contributed by atoms with Crippen LogP contribution in [0.25, 0.3) is 5.82 Å². The average molecular weight is 364 g/mol. The van der Waals surface area contributed by atoms with Gasteiger partial charge in [0.05, 0.1) is 17.8 Å². The van der Waals surface area contributed by atoms with Crippen molar-refractivity contribution in [3.63, 3.8) is 0 Å². The van der Waals surface area contributed by atoms with Crippen molar-refractivity contribution in [2.75, 3.05) is 6.61 Å². The summed E-state index contributed by atoms with van der Waals surface area (Å²) in [6.07, 6.45) is 5.00. The number of hydrogen-bond donors (Lipinski definition) is 2. The highest BCUT2D eigenvalue weighted by molar-refractivity contribution is 5.98. The first kappa shape index (κ1) is 17.8. The highest BCUT2D eigenvalue weighted by Gasteiger charge is 2.17. The van der Waals surface area contributed by atoms with Crippen molar-refractivity contribution in [1.29, 1.82) is 5.26 Å². The highest BCUT2D eigenvalue weighted by atomic mass is 16.5. The molecule has 2 N–H and O–H groups in total. The number of carbonyl (C=O) groups excluding carboxylic acids is 2. The van der Waals surface area contributed by atoms with Gasteiger partial charge < -0.3 is 9.30 Å². The largest absolute Gasteiger partial charge is 0.484 e. The number of carbonyl (C=O) groups is 2. The predicted molar refractivity (Wildman–Crippen MR) is 94.8 cm³/mol. The lowest BCUT2D eigenvalue weighted by atomic mass is 10.2. The average Bonchev–Trinajstić information content (AvgIpc) is 3.34. The van der Waals surface area contributed by atoms with Crippen LogP contribution in [-0.4, -0.2) is 32.8 Å². The van der Waals surface area contributed by atoms with E-state index in [2.05, 4.69) is 16.0 Å². The van der Waals surface area contributed by atoms with E-state index in [1.807, 2.05) is 18.2 Å². The molecular formula is C18H16N6O3. The van der Waals surface area contributed by atoms with Gasteiger partial charge in [-0.15, -0.1) is 0 Å². The van der Waals surface area contributed by atoms with Gasteiger partial charge in [-0.3, -0.25) is 25.1 Å². The molecule has 0 aliphatic carbocycles. The van der Waals surface area contributed by atoms with Crippen LogP contribution in [0.3, 0.4) is 0 Å². The predicted octanol–water partition coefficient (Wildman–Crippen LogP) is 0.922. The van der Waals surface area contributed by atoms with Gasteiger partial charge in [-0.25, -0.2) is 0 Å². The first-order chi connectivity index (χ1) is 13.1. The highest BCUT2D eigenvalue weighted by Crippen LogP contribution is 2.13. The molecule has 0 bridgehead atoms. The number of hydrazine groups is 1. The van der Waals surface area contributed by atoms with Crippen molar-refractivity contribution in [3.8, 4) is 17.6 Å². The lowest BCUT2D eigenvalue weighted by Gasteiger charge is -2.10. The summed E-state index contributed by atoms with van der Waals surface area (Å²) in [5.74, 6) is -0.0177. The van der Waals surface area contributed by atoms with Gasteiger partial charge in [0.15, 0.2) is 6.61 Å². The Balaban J connectivity index is 1.55. The quantitative estimate of drug-likeness (QED) is 0.654. The Hall–Kier alpha value is -4.06. The van der Waals surface area contributed by atoms with Gasteiger partial charge in [-0.1, -0.05) is 0 Å². The molecule has 0 saturated heterocycles. The Bertz CT molecular complexity index is 983. The second-order valence-electron chi connectivity index (χ2n) is 5.52. The Morgan fingerprint density at radius 3 is 2.56 bits per heavy atom. The van der Waals surface area contributed by atoms with Crippen LogP contribution < -0.4 is 15.6 Å². The Morgan fingerprint density at radius 2 is 1.89 bits per heavy atom. The lowest BCUT2D eigenvalue weighted by molar-refractivity contribution is -0.123. The third-order valence-electron chi connectivity index (χ3n) is 3.67. The van der Waals surface area contributed by atoms with Gasteiger partial charge in [0.1, 0.15) is 17.1 Å². The molecule has 0 aliphatic heterocycles. The first-order valence-corrected chi connectivity index (χ1v) is 7.96. The molecule has 27 heavy (non-hydrogen) atoms. The zero-order chi connectivity index (χ0) is 19.2. The molecule has 0 aliphatic rings. The van der Waals surface area contributed by atoms with Crippen LogP contribution in [0.5, 0.6) is 5.75 Å². The number of benzene rings is 1. The van der Waals surface area contributed by atoms with Crippen molar-refractivity contribution in [1.82, 2.24) is 25.2 Å². The summed E-state index contributed by atoms with van der Waals surface area (Å²) in [4.78, 5) is 24.2. The molecule has 0 unspecified atom stereocenters. The maximum Gasteiger partial charge on any atom is 0.276 e. The monoisotopic (exact) mass is 364 g/mol. The molecule has 2 amide bonds. The van der Waals surface area contributed by atoms with Gasteiger partial charge in [-0.05, 0) is 36.4 Å². The van der Waals surface area contributed by atoms with Crippen LogP contribution in [0.2, 0.25) is 0 Å². The minimum atomic E-state index is -0.529. The molecule has 2 heterocycles. The molecule has 0 atom stereocenters. The normalized spacial score (nSPS) is 10.1. The summed E-state index contributed by atoms with van der Waals surface area (Å²) in [6.45, 7) is -0.288. The molecule has 9 nitrogen and oxygen atoms in total. The van der Waals surface area contributed by atoms with Gasteiger partial charge >= 0.3 is 0 Å². The number of hydrogen-bond acceptors (Lipinski definition) is 5. The van der Waals surface area contributed by atoms with Gasteiger partial charge in [-0.2, -0.15) is 10.4 Å². The minimum absolute atomic E-state index is 0.288. The van der Waals surface area contributed by atoms with E-state index in [9.17, 15) is 9.59 Å². The molecule has 0 radical (unpaired) electrons. The molecule has 3 aromatic rings. The van der Waals surface area contributed by atoms with Crippen LogP contribution in [-0.2, 0) is 11.8 Å². The fourth-order valence-corrected chi connectivity index (χ4v) is 2.38. The number of ether oxygens (including phenoxy) is 1. The number of nitrogens with one attached hydrogen (secondary N) is 2. The summed E-state index contributed by atoms with van der Waals surface area (Å²) in [5, 5.41) is 12.8. The van der Waals surface area contributed by atoms with Crippen molar-refractivity contribution < 1.29 is 14.3 Å². The van der Waals surface area contributed by atoms with E-state index in [1.54, 1.807) is 53.0 Å². The molecule has 1 aromatic carbocycles. The van der Waals surface area contributed by atoms with Crippen molar-refractivity contribution >= 4 is 11.8 Å². The summed E-state index contributed by atoms with van der Waals surface area (Å²) >= 11 is 0. The number of aromatic nitrogens is 3. The molecule has 0 saturated carbocycles. The number of nitriles is 1. The Labute approximate surface area is 154 Å². The van der Waals surface area contributed by atoms with Crippen LogP contribution in [0, 0.1) is 11.3 Å². The molecular weight excluding hydrogens is 348 g/mol. The summed E-state index contributed by atoms with van der Waals surface area (Å²) in [6, 6.07) is 12.0. The molecule has 9 heteroatoms. The van der Waals surface area contributed by atoms with Crippen molar-refractivity contribution in [2.24, 2.45) is 7.05 Å². The maximum atomic E-state index is 12.4. The second-order valence-corrected chi connectivity index (χ2v) is 5.52. The topological polar surface area (TPSA) is 114 Å². The van der Waals surface area contributed by atoms with E-state index < -0.39 is 11.8 Å². The molecule has 2 aromatic heterocycles. The van der Waals surface area contributed by atoms with Crippen LogP contribution in [0.1, 0.15) is 15.9 Å². The summed E-state index contributed by atoms with van der Waals surface area (Å²) in [7, 11) is 1.72. The summed E-state index contributed by atoms with van der Waals surface area (Å²) in [5.41, 5.74) is 5.44. The Kier molecular flexibility index (Phi) is 5.18.